The van der Waals surface area contributed by atoms with Gasteiger partial charge in [0.15, 0.2) is 0 Å². The minimum Gasteiger partial charge on any atom is -0.510 e. The Hall–Kier alpha value is -1.07. The minimum absolute atomic E-state index is 0.143. The molecule has 5 heteroatoms. The van der Waals surface area contributed by atoms with Crippen LogP contribution in [-0.4, -0.2) is 54.9 Å². The fourth-order valence-corrected chi connectivity index (χ4v) is 2.45. The van der Waals surface area contributed by atoms with E-state index >= 15 is 0 Å². The third kappa shape index (κ3) is 3.23. The van der Waals surface area contributed by atoms with Crippen LogP contribution in [0.4, 0.5) is 0 Å². The van der Waals surface area contributed by atoms with E-state index in [1.807, 2.05) is 4.90 Å². The van der Waals surface area contributed by atoms with Gasteiger partial charge in [-0.1, -0.05) is 0 Å². The highest BCUT2D eigenvalue weighted by atomic mass is 16.5. The zero-order valence-corrected chi connectivity index (χ0v) is 10.9. The first kappa shape index (κ1) is 13.4. The zero-order chi connectivity index (χ0) is 13.0. The molecule has 2 heterocycles. The summed E-state index contributed by atoms with van der Waals surface area (Å²) in [4.78, 5) is 13.6. The van der Waals surface area contributed by atoms with Crippen molar-refractivity contribution in [2.24, 2.45) is 0 Å². The van der Waals surface area contributed by atoms with Gasteiger partial charge in [0.05, 0.1) is 24.8 Å². The Morgan fingerprint density at radius 3 is 3.00 bits per heavy atom. The van der Waals surface area contributed by atoms with Crippen molar-refractivity contribution < 1.29 is 19.4 Å². The molecule has 18 heavy (non-hydrogen) atoms. The van der Waals surface area contributed by atoms with Crippen molar-refractivity contribution in [3.8, 4) is 0 Å². The number of nitrogens with zero attached hydrogens (tertiary/aromatic N) is 1. The Morgan fingerprint density at radius 1 is 1.50 bits per heavy atom. The molecule has 0 saturated carbocycles. The predicted octanol–water partition coefficient (Wildman–Crippen LogP) is 1.25. The maximum absolute atomic E-state index is 11.6. The van der Waals surface area contributed by atoms with E-state index in [0.29, 0.717) is 25.3 Å². The van der Waals surface area contributed by atoms with Gasteiger partial charge in [-0.05, 0) is 26.2 Å². The summed E-state index contributed by atoms with van der Waals surface area (Å²) in [6.07, 6.45) is 3.62. The fraction of sp³-hybridized carbons (Fsp3) is 0.769. The second-order valence-electron chi connectivity index (χ2n) is 4.80. The van der Waals surface area contributed by atoms with Crippen molar-refractivity contribution in [2.75, 3.05) is 32.8 Å². The molecule has 0 aromatic rings. The lowest BCUT2D eigenvalue weighted by Gasteiger charge is -2.27. The third-order valence-electron chi connectivity index (χ3n) is 3.36. The summed E-state index contributed by atoms with van der Waals surface area (Å²) < 4.78 is 10.6. The number of carbonyl (C=O) groups excluding carboxylic acids is 1. The molecule has 1 N–H and O–H groups in total. The normalized spacial score (nSPS) is 25.5. The topological polar surface area (TPSA) is 59.0 Å². The van der Waals surface area contributed by atoms with Crippen molar-refractivity contribution in [2.45, 2.75) is 32.3 Å². The lowest BCUT2D eigenvalue weighted by molar-refractivity contribution is -0.138. The van der Waals surface area contributed by atoms with Crippen molar-refractivity contribution in [3.05, 3.63) is 11.3 Å². The SMILES string of the molecule is CCOC(=O)C1=C(O)CN(CC2CCCCO2)C1. The number of aliphatic hydroxyl groups is 1. The minimum atomic E-state index is -0.401. The first-order valence-electron chi connectivity index (χ1n) is 6.62. The number of ether oxygens (including phenoxy) is 2. The van der Waals surface area contributed by atoms with E-state index in [-0.39, 0.29) is 11.9 Å². The molecule has 0 amide bonds. The van der Waals surface area contributed by atoms with Gasteiger partial charge < -0.3 is 14.6 Å². The first-order valence-corrected chi connectivity index (χ1v) is 6.62. The molecule has 0 radical (unpaired) electrons. The Labute approximate surface area is 107 Å². The van der Waals surface area contributed by atoms with Crippen LogP contribution in [0.1, 0.15) is 26.2 Å². The van der Waals surface area contributed by atoms with E-state index in [1.165, 1.54) is 6.42 Å². The van der Waals surface area contributed by atoms with Crippen LogP contribution in [0.25, 0.3) is 0 Å². The van der Waals surface area contributed by atoms with Gasteiger partial charge in [0.1, 0.15) is 5.76 Å². The van der Waals surface area contributed by atoms with Gasteiger partial charge in [-0.25, -0.2) is 4.79 Å². The van der Waals surface area contributed by atoms with Crippen LogP contribution in [0.15, 0.2) is 11.3 Å². The van der Waals surface area contributed by atoms with E-state index in [1.54, 1.807) is 6.92 Å². The maximum atomic E-state index is 11.6. The highest BCUT2D eigenvalue weighted by molar-refractivity contribution is 5.90. The summed E-state index contributed by atoms with van der Waals surface area (Å²) in [7, 11) is 0. The summed E-state index contributed by atoms with van der Waals surface area (Å²) in [6, 6.07) is 0. The van der Waals surface area contributed by atoms with Gasteiger partial charge in [0.2, 0.25) is 0 Å². The van der Waals surface area contributed by atoms with Crippen LogP contribution < -0.4 is 0 Å². The summed E-state index contributed by atoms with van der Waals surface area (Å²) in [6.45, 7) is 4.58. The van der Waals surface area contributed by atoms with Crippen LogP contribution in [-0.2, 0) is 14.3 Å². The van der Waals surface area contributed by atoms with Crippen LogP contribution in [0.3, 0.4) is 0 Å². The van der Waals surface area contributed by atoms with Gasteiger partial charge in [0, 0.05) is 19.7 Å². The largest absolute Gasteiger partial charge is 0.510 e. The number of rotatable bonds is 4. The first-order chi connectivity index (χ1) is 8.70. The smallest absolute Gasteiger partial charge is 0.338 e. The number of hydrogen-bond donors (Lipinski definition) is 1. The quantitative estimate of drug-likeness (QED) is 0.766. The number of carbonyl (C=O) groups is 1. The predicted molar refractivity (Wildman–Crippen MR) is 66.3 cm³/mol. The molecule has 2 rings (SSSR count). The molecular weight excluding hydrogens is 234 g/mol. The molecular formula is C13H21NO4. The van der Waals surface area contributed by atoms with Crippen LogP contribution in [0, 0.1) is 0 Å². The number of esters is 1. The molecule has 2 aliphatic rings. The van der Waals surface area contributed by atoms with E-state index in [4.69, 9.17) is 9.47 Å². The molecule has 0 spiro atoms. The summed E-state index contributed by atoms with van der Waals surface area (Å²) in [5, 5.41) is 9.78. The van der Waals surface area contributed by atoms with Crippen LogP contribution >= 0.6 is 0 Å². The average Bonchev–Trinajstić information content (AvgIpc) is 2.72. The number of hydrogen-bond acceptors (Lipinski definition) is 5. The van der Waals surface area contributed by atoms with Crippen LogP contribution in [0.5, 0.6) is 0 Å². The molecule has 1 fully saturated rings. The Bertz CT molecular complexity index is 334. The number of aliphatic hydroxyl groups excluding tert-OH is 1. The van der Waals surface area contributed by atoms with E-state index < -0.39 is 5.97 Å². The highest BCUT2D eigenvalue weighted by Gasteiger charge is 2.29. The van der Waals surface area contributed by atoms with E-state index in [2.05, 4.69) is 0 Å². The molecule has 5 nitrogen and oxygen atoms in total. The van der Waals surface area contributed by atoms with Gasteiger partial charge in [-0.3, -0.25) is 4.90 Å². The lowest BCUT2D eigenvalue weighted by Crippen LogP contribution is -2.35. The Balaban J connectivity index is 1.83. The second-order valence-corrected chi connectivity index (χ2v) is 4.80. The van der Waals surface area contributed by atoms with Crippen molar-refractivity contribution >= 4 is 5.97 Å². The van der Waals surface area contributed by atoms with Crippen molar-refractivity contribution in [1.82, 2.24) is 4.90 Å². The van der Waals surface area contributed by atoms with Gasteiger partial charge in [0.25, 0.3) is 0 Å². The van der Waals surface area contributed by atoms with Gasteiger partial charge >= 0.3 is 5.97 Å². The Kier molecular flexibility index (Phi) is 4.60. The Morgan fingerprint density at radius 2 is 2.33 bits per heavy atom. The maximum Gasteiger partial charge on any atom is 0.338 e. The molecule has 2 aliphatic heterocycles. The third-order valence-corrected chi connectivity index (χ3v) is 3.36. The molecule has 0 aromatic heterocycles. The van der Waals surface area contributed by atoms with Gasteiger partial charge in [-0.15, -0.1) is 0 Å². The molecule has 0 aromatic carbocycles. The second kappa shape index (κ2) is 6.20. The molecule has 102 valence electrons. The van der Waals surface area contributed by atoms with Crippen molar-refractivity contribution in [3.63, 3.8) is 0 Å². The molecule has 1 saturated heterocycles. The van der Waals surface area contributed by atoms with Crippen LogP contribution in [0.2, 0.25) is 0 Å². The summed E-state index contributed by atoms with van der Waals surface area (Å²) in [5.74, 6) is -0.258. The fourth-order valence-electron chi connectivity index (χ4n) is 2.45. The highest BCUT2D eigenvalue weighted by Crippen LogP contribution is 2.20. The molecule has 1 unspecified atom stereocenters. The van der Waals surface area contributed by atoms with Gasteiger partial charge in [-0.2, -0.15) is 0 Å². The molecule has 0 aliphatic carbocycles. The summed E-state index contributed by atoms with van der Waals surface area (Å²) in [5.41, 5.74) is 0.396. The van der Waals surface area contributed by atoms with Crippen molar-refractivity contribution in [1.29, 1.82) is 0 Å². The molecule has 1 atom stereocenters. The monoisotopic (exact) mass is 255 g/mol. The standard InChI is InChI=1S/C13H21NO4/c1-2-17-13(16)11-8-14(9-12(11)15)7-10-5-3-4-6-18-10/h10,15H,2-9H2,1H3. The summed E-state index contributed by atoms with van der Waals surface area (Å²) >= 11 is 0. The van der Waals surface area contributed by atoms with E-state index in [9.17, 15) is 9.90 Å². The lowest BCUT2D eigenvalue weighted by atomic mass is 10.1. The molecule has 0 bridgehead atoms. The van der Waals surface area contributed by atoms with E-state index in [0.717, 1.165) is 26.0 Å². The zero-order valence-electron chi connectivity index (χ0n) is 10.9. The average molecular weight is 255 g/mol.